The van der Waals surface area contributed by atoms with Gasteiger partial charge in [0.1, 0.15) is 11.9 Å². The molecule has 1 unspecified atom stereocenters. The molecule has 0 radical (unpaired) electrons. The van der Waals surface area contributed by atoms with E-state index in [2.05, 4.69) is 16.0 Å². The lowest BCUT2D eigenvalue weighted by Gasteiger charge is -2.20. The number of carbonyl (C=O) groups excluding carboxylic acids is 1. The Morgan fingerprint density at radius 3 is 2.68 bits per heavy atom. The smallest absolute Gasteiger partial charge is 0.243 e. The number of amides is 1. The number of hydrogen-bond acceptors (Lipinski definition) is 2. The van der Waals surface area contributed by atoms with Gasteiger partial charge in [0, 0.05) is 12.0 Å². The van der Waals surface area contributed by atoms with E-state index in [1.165, 1.54) is 25.7 Å². The molecule has 2 fully saturated rings. The summed E-state index contributed by atoms with van der Waals surface area (Å²) in [7, 11) is 0. The molecular weight excluding hydrogens is 274 g/mol. The van der Waals surface area contributed by atoms with Crippen LogP contribution in [0.15, 0.2) is 24.3 Å². The maximum absolute atomic E-state index is 12.7. The Balaban J connectivity index is 1.66. The fraction of sp³-hybridized carbons (Fsp3) is 0.556. The quantitative estimate of drug-likeness (QED) is 0.938. The van der Waals surface area contributed by atoms with Crippen molar-refractivity contribution in [3.05, 3.63) is 30.1 Å². The van der Waals surface area contributed by atoms with Crippen LogP contribution in [0.1, 0.15) is 63.2 Å². The third-order valence-electron chi connectivity index (χ3n) is 5.03. The number of imidazole rings is 1. The molecule has 1 atom stereocenters. The molecule has 22 heavy (non-hydrogen) atoms. The van der Waals surface area contributed by atoms with Crippen LogP contribution in [0.3, 0.4) is 0 Å². The Hall–Kier alpha value is -1.84. The van der Waals surface area contributed by atoms with Gasteiger partial charge in [-0.3, -0.25) is 4.79 Å². The Kier molecular flexibility index (Phi) is 3.40. The van der Waals surface area contributed by atoms with E-state index in [0.29, 0.717) is 12.0 Å². The average molecular weight is 297 g/mol. The summed E-state index contributed by atoms with van der Waals surface area (Å²) in [5, 5.41) is 3.23. The summed E-state index contributed by atoms with van der Waals surface area (Å²) in [6, 6.07) is 8.34. The minimum absolute atomic E-state index is 0.136. The summed E-state index contributed by atoms with van der Waals surface area (Å²) in [6.45, 7) is 2.00. The number of nitrogens with one attached hydrogen (secondary N) is 1. The van der Waals surface area contributed by atoms with Crippen LogP contribution in [-0.4, -0.2) is 21.5 Å². The molecule has 0 saturated heterocycles. The van der Waals surface area contributed by atoms with Gasteiger partial charge in [-0.1, -0.05) is 25.0 Å². The first kappa shape index (κ1) is 13.8. The molecule has 2 aliphatic carbocycles. The van der Waals surface area contributed by atoms with E-state index >= 15 is 0 Å². The van der Waals surface area contributed by atoms with E-state index in [9.17, 15) is 4.79 Å². The highest BCUT2D eigenvalue weighted by molar-refractivity contribution is 5.84. The molecule has 1 N–H and O–H groups in total. The molecule has 1 aromatic carbocycles. The van der Waals surface area contributed by atoms with Crippen molar-refractivity contribution in [3.63, 3.8) is 0 Å². The molecule has 4 rings (SSSR count). The summed E-state index contributed by atoms with van der Waals surface area (Å²) in [5.41, 5.74) is 2.09. The van der Waals surface area contributed by atoms with Crippen LogP contribution < -0.4 is 5.32 Å². The van der Waals surface area contributed by atoms with Crippen LogP contribution in [0, 0.1) is 0 Å². The second kappa shape index (κ2) is 5.41. The lowest BCUT2D eigenvalue weighted by Crippen LogP contribution is -2.37. The van der Waals surface area contributed by atoms with E-state index < -0.39 is 0 Å². The Bertz CT molecular complexity index is 695. The Morgan fingerprint density at radius 2 is 1.95 bits per heavy atom. The molecule has 0 spiro atoms. The molecule has 116 valence electrons. The zero-order chi connectivity index (χ0) is 15.1. The van der Waals surface area contributed by atoms with Gasteiger partial charge in [-0.2, -0.15) is 0 Å². The number of benzene rings is 1. The van der Waals surface area contributed by atoms with Crippen molar-refractivity contribution in [1.82, 2.24) is 14.9 Å². The van der Waals surface area contributed by atoms with Gasteiger partial charge in [0.25, 0.3) is 0 Å². The minimum atomic E-state index is -0.191. The van der Waals surface area contributed by atoms with Crippen LogP contribution in [-0.2, 0) is 4.79 Å². The molecule has 4 nitrogen and oxygen atoms in total. The van der Waals surface area contributed by atoms with Gasteiger partial charge in [0.15, 0.2) is 0 Å². The van der Waals surface area contributed by atoms with Crippen molar-refractivity contribution in [2.24, 2.45) is 0 Å². The van der Waals surface area contributed by atoms with Gasteiger partial charge < -0.3 is 9.88 Å². The molecule has 1 heterocycles. The summed E-state index contributed by atoms with van der Waals surface area (Å²) in [5.74, 6) is 1.77. The van der Waals surface area contributed by atoms with Crippen LogP contribution in [0.5, 0.6) is 0 Å². The van der Waals surface area contributed by atoms with Gasteiger partial charge in [0.05, 0.1) is 11.0 Å². The molecule has 0 bridgehead atoms. The number of rotatable bonds is 4. The van der Waals surface area contributed by atoms with E-state index in [1.807, 2.05) is 25.1 Å². The van der Waals surface area contributed by atoms with Crippen LogP contribution in [0.2, 0.25) is 0 Å². The van der Waals surface area contributed by atoms with Crippen molar-refractivity contribution >= 4 is 16.9 Å². The molecule has 1 amide bonds. The van der Waals surface area contributed by atoms with E-state index in [1.54, 1.807) is 0 Å². The summed E-state index contributed by atoms with van der Waals surface area (Å²) >= 11 is 0. The summed E-state index contributed by atoms with van der Waals surface area (Å²) < 4.78 is 2.16. The average Bonchev–Trinajstić information content (AvgIpc) is 3.11. The zero-order valence-electron chi connectivity index (χ0n) is 13.1. The highest BCUT2D eigenvalue weighted by atomic mass is 16.2. The third kappa shape index (κ3) is 2.40. The Labute approximate surface area is 130 Å². The van der Waals surface area contributed by atoms with Crippen LogP contribution in [0.25, 0.3) is 11.0 Å². The van der Waals surface area contributed by atoms with Crippen LogP contribution >= 0.6 is 0 Å². The lowest BCUT2D eigenvalue weighted by molar-refractivity contribution is -0.124. The minimum Gasteiger partial charge on any atom is -0.352 e. The standard InChI is InChI=1S/C18H23N3O/c1-12(18(22)19-14-6-2-3-7-14)21-16-9-5-4-8-15(16)20-17(21)13-10-11-13/h4-5,8-9,12-14H,2-3,6-7,10-11H2,1H3,(H,19,22). The highest BCUT2D eigenvalue weighted by Gasteiger charge is 2.33. The van der Waals surface area contributed by atoms with Crippen molar-refractivity contribution in [2.75, 3.05) is 0 Å². The topological polar surface area (TPSA) is 46.9 Å². The van der Waals surface area contributed by atoms with Gasteiger partial charge in [0.2, 0.25) is 5.91 Å². The fourth-order valence-electron chi connectivity index (χ4n) is 3.61. The molecule has 2 aliphatic rings. The molecule has 1 aromatic heterocycles. The second-order valence-electron chi connectivity index (χ2n) is 6.77. The monoisotopic (exact) mass is 297 g/mol. The molecule has 0 aliphatic heterocycles. The maximum Gasteiger partial charge on any atom is 0.243 e. The van der Waals surface area contributed by atoms with Gasteiger partial charge in [-0.15, -0.1) is 0 Å². The third-order valence-corrected chi connectivity index (χ3v) is 5.03. The van der Waals surface area contributed by atoms with Crippen molar-refractivity contribution < 1.29 is 4.79 Å². The SMILES string of the molecule is CC(C(=O)NC1CCCC1)n1c(C2CC2)nc2ccccc21. The van der Waals surface area contributed by atoms with Gasteiger partial charge >= 0.3 is 0 Å². The highest BCUT2D eigenvalue weighted by Crippen LogP contribution is 2.41. The number of hydrogen-bond donors (Lipinski definition) is 1. The van der Waals surface area contributed by atoms with Crippen molar-refractivity contribution in [2.45, 2.75) is 63.5 Å². The van der Waals surface area contributed by atoms with Crippen molar-refractivity contribution in [3.8, 4) is 0 Å². The predicted octanol–water partition coefficient (Wildman–Crippen LogP) is 3.53. The second-order valence-corrected chi connectivity index (χ2v) is 6.77. The predicted molar refractivity (Wildman–Crippen MR) is 86.8 cm³/mol. The number of carbonyl (C=O) groups is 1. The van der Waals surface area contributed by atoms with E-state index in [4.69, 9.17) is 4.98 Å². The molecule has 2 saturated carbocycles. The summed E-state index contributed by atoms with van der Waals surface area (Å²) in [4.78, 5) is 17.5. The zero-order valence-corrected chi connectivity index (χ0v) is 13.1. The number of nitrogens with zero attached hydrogens (tertiary/aromatic N) is 2. The first-order valence-electron chi connectivity index (χ1n) is 8.51. The first-order chi connectivity index (χ1) is 10.7. The Morgan fingerprint density at radius 1 is 1.23 bits per heavy atom. The number of para-hydroxylation sites is 2. The first-order valence-corrected chi connectivity index (χ1v) is 8.51. The molecule has 4 heteroatoms. The van der Waals surface area contributed by atoms with Crippen molar-refractivity contribution in [1.29, 1.82) is 0 Å². The van der Waals surface area contributed by atoms with Crippen LogP contribution in [0.4, 0.5) is 0 Å². The molecule has 2 aromatic rings. The number of fused-ring (bicyclic) bond motifs is 1. The van der Waals surface area contributed by atoms with E-state index in [0.717, 1.165) is 29.7 Å². The molecular formula is C18H23N3O. The normalized spacial score (nSPS) is 20.4. The maximum atomic E-state index is 12.7. The van der Waals surface area contributed by atoms with Gasteiger partial charge in [-0.05, 0) is 44.7 Å². The van der Waals surface area contributed by atoms with Gasteiger partial charge in [-0.25, -0.2) is 4.98 Å². The lowest BCUT2D eigenvalue weighted by atomic mass is 10.2. The fourth-order valence-corrected chi connectivity index (χ4v) is 3.61. The largest absolute Gasteiger partial charge is 0.352 e. The van der Waals surface area contributed by atoms with E-state index in [-0.39, 0.29) is 11.9 Å². The number of aromatic nitrogens is 2. The summed E-state index contributed by atoms with van der Waals surface area (Å²) in [6.07, 6.45) is 7.11.